The summed E-state index contributed by atoms with van der Waals surface area (Å²) < 4.78 is 0. The molecule has 1 N–H and O–H groups in total. The molecule has 1 heterocycles. The fraction of sp³-hybridized carbons (Fsp3) is 0.500. The standard InChI is InChI=1S/C18H23NO4/c1-3-13-5-7-14(8-6-13)15(20)9-10-16(21)19-12-4-11-18(19,2)17(22)23/h5-8H,3-4,9-12H2,1-2H3,(H,22,23). The fourth-order valence-corrected chi connectivity index (χ4v) is 3.01. The van der Waals surface area contributed by atoms with E-state index in [9.17, 15) is 19.5 Å². The van der Waals surface area contributed by atoms with E-state index in [1.54, 1.807) is 19.1 Å². The van der Waals surface area contributed by atoms with Crippen molar-refractivity contribution in [2.75, 3.05) is 6.54 Å². The molecule has 2 rings (SSSR count). The van der Waals surface area contributed by atoms with Gasteiger partial charge in [-0.25, -0.2) is 4.79 Å². The van der Waals surface area contributed by atoms with Crippen LogP contribution in [-0.4, -0.2) is 39.7 Å². The maximum absolute atomic E-state index is 12.3. The van der Waals surface area contributed by atoms with Crippen molar-refractivity contribution in [1.82, 2.24) is 4.90 Å². The van der Waals surface area contributed by atoms with Crippen LogP contribution in [0, 0.1) is 0 Å². The SMILES string of the molecule is CCc1ccc(C(=O)CCC(=O)N2CCCC2(C)C(=O)O)cc1. The third-order valence-electron chi connectivity index (χ3n) is 4.65. The lowest BCUT2D eigenvalue weighted by atomic mass is 9.98. The number of ketones is 1. The molecule has 0 aromatic heterocycles. The van der Waals surface area contributed by atoms with Crippen molar-refractivity contribution in [3.8, 4) is 0 Å². The number of carbonyl (C=O) groups is 3. The van der Waals surface area contributed by atoms with Gasteiger partial charge in [-0.15, -0.1) is 0 Å². The lowest BCUT2D eigenvalue weighted by Gasteiger charge is -2.31. The number of likely N-dealkylation sites (tertiary alicyclic amines) is 1. The maximum Gasteiger partial charge on any atom is 0.329 e. The van der Waals surface area contributed by atoms with Crippen molar-refractivity contribution in [2.45, 2.75) is 51.5 Å². The van der Waals surface area contributed by atoms with Crippen LogP contribution in [0.25, 0.3) is 0 Å². The molecule has 1 aromatic rings. The largest absolute Gasteiger partial charge is 0.480 e. The van der Waals surface area contributed by atoms with Crippen LogP contribution in [0.1, 0.15) is 55.5 Å². The number of amides is 1. The Morgan fingerprint density at radius 3 is 2.39 bits per heavy atom. The van der Waals surface area contributed by atoms with Gasteiger partial charge in [0, 0.05) is 24.9 Å². The molecule has 1 fully saturated rings. The molecule has 1 amide bonds. The third kappa shape index (κ3) is 3.60. The van der Waals surface area contributed by atoms with E-state index in [0.29, 0.717) is 24.9 Å². The summed E-state index contributed by atoms with van der Waals surface area (Å²) in [6.07, 6.45) is 2.21. The van der Waals surface area contributed by atoms with Gasteiger partial charge in [0.15, 0.2) is 5.78 Å². The minimum Gasteiger partial charge on any atom is -0.480 e. The van der Waals surface area contributed by atoms with Gasteiger partial charge in [0.05, 0.1) is 0 Å². The van der Waals surface area contributed by atoms with E-state index in [1.807, 2.05) is 19.1 Å². The molecule has 1 aliphatic rings. The Morgan fingerprint density at radius 1 is 1.17 bits per heavy atom. The van der Waals surface area contributed by atoms with Gasteiger partial charge in [-0.1, -0.05) is 31.2 Å². The van der Waals surface area contributed by atoms with E-state index in [4.69, 9.17) is 0 Å². The van der Waals surface area contributed by atoms with Gasteiger partial charge in [0.2, 0.25) is 5.91 Å². The molecule has 0 spiro atoms. The topological polar surface area (TPSA) is 74.7 Å². The quantitative estimate of drug-likeness (QED) is 0.819. The van der Waals surface area contributed by atoms with E-state index in [0.717, 1.165) is 12.0 Å². The molecule has 1 aromatic carbocycles. The number of hydrogen-bond donors (Lipinski definition) is 1. The summed E-state index contributed by atoms with van der Waals surface area (Å²) in [5.74, 6) is -1.33. The molecular weight excluding hydrogens is 294 g/mol. The van der Waals surface area contributed by atoms with Crippen molar-refractivity contribution < 1.29 is 19.5 Å². The minimum atomic E-state index is -1.14. The maximum atomic E-state index is 12.3. The molecular formula is C18H23NO4. The summed E-state index contributed by atoms with van der Waals surface area (Å²) in [6.45, 7) is 4.07. The smallest absolute Gasteiger partial charge is 0.329 e. The van der Waals surface area contributed by atoms with Gasteiger partial charge in [-0.2, -0.15) is 0 Å². The predicted octanol–water partition coefficient (Wildman–Crippen LogP) is 2.68. The Balaban J connectivity index is 1.95. The fourth-order valence-electron chi connectivity index (χ4n) is 3.01. The Kier molecular flexibility index (Phi) is 5.19. The summed E-state index contributed by atoms with van der Waals surface area (Å²) in [6, 6.07) is 7.39. The molecule has 1 atom stereocenters. The Hall–Kier alpha value is -2.17. The van der Waals surface area contributed by atoms with Crippen molar-refractivity contribution in [1.29, 1.82) is 0 Å². The highest BCUT2D eigenvalue weighted by Crippen LogP contribution is 2.30. The number of rotatable bonds is 6. The molecule has 1 saturated heterocycles. The van der Waals surface area contributed by atoms with Gasteiger partial charge < -0.3 is 10.0 Å². The summed E-state index contributed by atoms with van der Waals surface area (Å²) in [7, 11) is 0. The van der Waals surface area contributed by atoms with E-state index < -0.39 is 11.5 Å². The minimum absolute atomic E-state index is 0.0528. The molecule has 5 heteroatoms. The van der Waals surface area contributed by atoms with E-state index >= 15 is 0 Å². The summed E-state index contributed by atoms with van der Waals surface area (Å²) >= 11 is 0. The average Bonchev–Trinajstić information content (AvgIpc) is 2.95. The Morgan fingerprint density at radius 2 is 1.83 bits per heavy atom. The number of nitrogens with zero attached hydrogens (tertiary/aromatic N) is 1. The highest BCUT2D eigenvalue weighted by molar-refractivity contribution is 5.98. The van der Waals surface area contributed by atoms with Gasteiger partial charge in [-0.3, -0.25) is 9.59 Å². The first kappa shape index (κ1) is 17.2. The summed E-state index contributed by atoms with van der Waals surface area (Å²) in [5.41, 5.74) is 0.618. The van der Waals surface area contributed by atoms with Crippen LogP contribution in [0.2, 0.25) is 0 Å². The first-order chi connectivity index (χ1) is 10.9. The normalized spacial score (nSPS) is 20.5. The molecule has 0 radical (unpaired) electrons. The van der Waals surface area contributed by atoms with E-state index in [1.165, 1.54) is 4.90 Å². The number of Topliss-reactive ketones (excluding diaryl/α,β-unsaturated/α-hetero) is 1. The monoisotopic (exact) mass is 317 g/mol. The number of carboxylic acid groups (broad SMARTS) is 1. The lowest BCUT2D eigenvalue weighted by Crippen LogP contribution is -2.50. The molecule has 0 saturated carbocycles. The van der Waals surface area contributed by atoms with Crippen LogP contribution in [0.15, 0.2) is 24.3 Å². The van der Waals surface area contributed by atoms with Crippen LogP contribution in [0.5, 0.6) is 0 Å². The number of aliphatic carboxylic acids is 1. The van der Waals surface area contributed by atoms with Gasteiger partial charge in [0.25, 0.3) is 0 Å². The number of aryl methyl sites for hydroxylation is 1. The van der Waals surface area contributed by atoms with Crippen molar-refractivity contribution >= 4 is 17.7 Å². The highest BCUT2D eigenvalue weighted by atomic mass is 16.4. The molecule has 0 bridgehead atoms. The Bertz CT molecular complexity index is 608. The summed E-state index contributed by atoms with van der Waals surface area (Å²) in [4.78, 5) is 37.3. The molecule has 1 unspecified atom stereocenters. The second-order valence-corrected chi connectivity index (χ2v) is 6.20. The van der Waals surface area contributed by atoms with E-state index in [-0.39, 0.29) is 24.5 Å². The van der Waals surface area contributed by atoms with Crippen LogP contribution >= 0.6 is 0 Å². The van der Waals surface area contributed by atoms with E-state index in [2.05, 4.69) is 0 Å². The van der Waals surface area contributed by atoms with Crippen molar-refractivity contribution in [3.63, 3.8) is 0 Å². The van der Waals surface area contributed by atoms with Crippen molar-refractivity contribution in [3.05, 3.63) is 35.4 Å². The molecule has 0 aliphatic carbocycles. The lowest BCUT2D eigenvalue weighted by molar-refractivity contribution is -0.155. The number of carboxylic acids is 1. The zero-order chi connectivity index (χ0) is 17.0. The second-order valence-electron chi connectivity index (χ2n) is 6.20. The van der Waals surface area contributed by atoms with Crippen LogP contribution in [0.4, 0.5) is 0 Å². The zero-order valence-corrected chi connectivity index (χ0v) is 13.7. The number of carbonyl (C=O) groups excluding carboxylic acids is 2. The third-order valence-corrected chi connectivity index (χ3v) is 4.65. The highest BCUT2D eigenvalue weighted by Gasteiger charge is 2.45. The van der Waals surface area contributed by atoms with Gasteiger partial charge in [0.1, 0.15) is 5.54 Å². The predicted molar refractivity (Wildman–Crippen MR) is 86.4 cm³/mol. The first-order valence-electron chi connectivity index (χ1n) is 8.04. The Labute approximate surface area is 136 Å². The number of hydrogen-bond acceptors (Lipinski definition) is 3. The zero-order valence-electron chi connectivity index (χ0n) is 13.7. The molecule has 124 valence electrons. The second kappa shape index (κ2) is 6.94. The van der Waals surface area contributed by atoms with Crippen molar-refractivity contribution in [2.24, 2.45) is 0 Å². The first-order valence-corrected chi connectivity index (χ1v) is 8.04. The van der Waals surface area contributed by atoms with Crippen LogP contribution in [-0.2, 0) is 16.0 Å². The summed E-state index contributed by atoms with van der Waals surface area (Å²) in [5, 5.41) is 9.34. The molecule has 1 aliphatic heterocycles. The van der Waals surface area contributed by atoms with Crippen LogP contribution < -0.4 is 0 Å². The van der Waals surface area contributed by atoms with Gasteiger partial charge >= 0.3 is 5.97 Å². The number of benzene rings is 1. The molecule has 23 heavy (non-hydrogen) atoms. The van der Waals surface area contributed by atoms with Gasteiger partial charge in [-0.05, 0) is 31.7 Å². The van der Waals surface area contributed by atoms with Crippen LogP contribution in [0.3, 0.4) is 0 Å². The average molecular weight is 317 g/mol. The molecule has 5 nitrogen and oxygen atoms in total.